The smallest absolute Gasteiger partial charge is 0.260 e. The fourth-order valence-electron chi connectivity index (χ4n) is 2.35. The molecule has 0 aliphatic heterocycles. The van der Waals surface area contributed by atoms with Gasteiger partial charge in [-0.2, -0.15) is 0 Å². The Morgan fingerprint density at radius 2 is 2.10 bits per heavy atom. The quantitative estimate of drug-likeness (QED) is 0.848. The van der Waals surface area contributed by atoms with E-state index < -0.39 is 6.10 Å². The van der Waals surface area contributed by atoms with Crippen LogP contribution in [0.4, 0.5) is 0 Å². The minimum atomic E-state index is -0.589. The first-order chi connectivity index (χ1) is 9.95. The highest BCUT2D eigenvalue weighted by molar-refractivity contribution is 9.10. The van der Waals surface area contributed by atoms with Crippen LogP contribution >= 0.6 is 27.5 Å². The van der Waals surface area contributed by atoms with Gasteiger partial charge in [0.2, 0.25) is 0 Å². The van der Waals surface area contributed by atoms with Gasteiger partial charge in [-0.1, -0.05) is 11.6 Å². The number of amides is 1. The lowest BCUT2D eigenvalue weighted by Crippen LogP contribution is -2.44. The Bertz CT molecular complexity index is 504. The van der Waals surface area contributed by atoms with Gasteiger partial charge in [-0.15, -0.1) is 0 Å². The molecule has 0 saturated heterocycles. The number of carbonyl (C=O) groups is 1. The van der Waals surface area contributed by atoms with Gasteiger partial charge in [0.1, 0.15) is 5.75 Å². The molecule has 1 fully saturated rings. The average Bonchev–Trinajstić information content (AvgIpc) is 2.44. The zero-order chi connectivity index (χ0) is 15.4. The zero-order valence-electron chi connectivity index (χ0n) is 11.8. The third-order valence-corrected chi connectivity index (χ3v) is 4.46. The number of hydrogen-bond acceptors (Lipinski definition) is 3. The highest BCUT2D eigenvalue weighted by Gasteiger charge is 2.24. The number of hydrogen-bond donors (Lipinski definition) is 2. The number of nitrogens with one attached hydrogen (secondary N) is 1. The van der Waals surface area contributed by atoms with Crippen molar-refractivity contribution in [2.24, 2.45) is 0 Å². The van der Waals surface area contributed by atoms with Crippen LogP contribution in [-0.2, 0) is 4.79 Å². The van der Waals surface area contributed by atoms with Gasteiger partial charge in [-0.25, -0.2) is 0 Å². The summed E-state index contributed by atoms with van der Waals surface area (Å²) in [6, 6.07) is 5.30. The summed E-state index contributed by atoms with van der Waals surface area (Å²) in [6.45, 7) is 1.72. The Hall–Kier alpha value is -0.780. The molecular weight excluding hydrogens is 358 g/mol. The largest absolute Gasteiger partial charge is 0.480 e. The van der Waals surface area contributed by atoms with E-state index in [0.29, 0.717) is 10.8 Å². The third-order valence-electron chi connectivity index (χ3n) is 3.61. The van der Waals surface area contributed by atoms with Crippen LogP contribution in [0, 0.1) is 0 Å². The van der Waals surface area contributed by atoms with E-state index in [9.17, 15) is 9.90 Å². The molecule has 1 unspecified atom stereocenters. The molecule has 1 saturated carbocycles. The molecule has 1 aromatic carbocycles. The van der Waals surface area contributed by atoms with Crippen molar-refractivity contribution in [2.75, 3.05) is 0 Å². The van der Waals surface area contributed by atoms with Crippen molar-refractivity contribution in [2.45, 2.75) is 50.9 Å². The Morgan fingerprint density at radius 3 is 2.71 bits per heavy atom. The van der Waals surface area contributed by atoms with E-state index >= 15 is 0 Å². The first-order valence-corrected chi connectivity index (χ1v) is 8.23. The van der Waals surface area contributed by atoms with E-state index in [1.165, 1.54) is 0 Å². The fourth-order valence-corrected chi connectivity index (χ4v) is 3.13. The Kier molecular flexibility index (Phi) is 5.90. The summed E-state index contributed by atoms with van der Waals surface area (Å²) in [7, 11) is 0. The van der Waals surface area contributed by atoms with Gasteiger partial charge in [0, 0.05) is 11.1 Å². The topological polar surface area (TPSA) is 58.6 Å². The molecule has 2 N–H and O–H groups in total. The average molecular weight is 377 g/mol. The number of aliphatic hydroxyl groups is 1. The van der Waals surface area contributed by atoms with Crippen LogP contribution in [0.15, 0.2) is 22.7 Å². The van der Waals surface area contributed by atoms with E-state index in [1.54, 1.807) is 25.1 Å². The lowest BCUT2D eigenvalue weighted by atomic mass is 9.93. The van der Waals surface area contributed by atoms with Gasteiger partial charge in [0.05, 0.1) is 10.6 Å². The molecular formula is C15H19BrClNO3. The fraction of sp³-hybridized carbons (Fsp3) is 0.533. The molecule has 0 bridgehead atoms. The monoisotopic (exact) mass is 375 g/mol. The molecule has 0 aromatic heterocycles. The third kappa shape index (κ3) is 4.87. The van der Waals surface area contributed by atoms with E-state index in [4.69, 9.17) is 16.3 Å². The molecule has 2 rings (SSSR count). The van der Waals surface area contributed by atoms with Gasteiger partial charge < -0.3 is 15.2 Å². The normalized spacial score (nSPS) is 23.4. The minimum absolute atomic E-state index is 0.126. The van der Waals surface area contributed by atoms with Gasteiger partial charge in [-0.3, -0.25) is 4.79 Å². The number of halogens is 2. The van der Waals surface area contributed by atoms with Gasteiger partial charge >= 0.3 is 0 Å². The standard InChI is InChI=1S/C15H19BrClNO3/c1-9(21-14-7-2-10(17)8-13(14)16)15(20)18-11-3-5-12(19)6-4-11/h2,7-9,11-12,19H,3-6H2,1H3,(H,18,20). The van der Waals surface area contributed by atoms with Crippen LogP contribution in [0.1, 0.15) is 32.6 Å². The van der Waals surface area contributed by atoms with Crippen molar-refractivity contribution in [3.8, 4) is 5.75 Å². The minimum Gasteiger partial charge on any atom is -0.480 e. The van der Waals surface area contributed by atoms with Crippen molar-refractivity contribution in [1.29, 1.82) is 0 Å². The maximum absolute atomic E-state index is 12.1. The molecule has 116 valence electrons. The number of carbonyl (C=O) groups excluding carboxylic acids is 1. The van der Waals surface area contributed by atoms with Crippen molar-refractivity contribution in [3.05, 3.63) is 27.7 Å². The first kappa shape index (κ1) is 16.6. The number of ether oxygens (including phenoxy) is 1. The van der Waals surface area contributed by atoms with Crippen LogP contribution in [0.2, 0.25) is 5.02 Å². The van der Waals surface area contributed by atoms with E-state index in [0.717, 1.165) is 30.2 Å². The molecule has 21 heavy (non-hydrogen) atoms. The predicted octanol–water partition coefficient (Wildman–Crippen LogP) is 3.29. The van der Waals surface area contributed by atoms with E-state index in [-0.39, 0.29) is 18.1 Å². The van der Waals surface area contributed by atoms with Crippen LogP contribution in [0.25, 0.3) is 0 Å². The second-order valence-electron chi connectivity index (χ2n) is 5.35. The predicted molar refractivity (Wildman–Crippen MR) is 85.6 cm³/mol. The second-order valence-corrected chi connectivity index (χ2v) is 6.64. The highest BCUT2D eigenvalue weighted by atomic mass is 79.9. The van der Waals surface area contributed by atoms with E-state index in [1.807, 2.05) is 0 Å². The molecule has 0 heterocycles. The molecule has 1 aromatic rings. The van der Waals surface area contributed by atoms with Crippen molar-refractivity contribution >= 4 is 33.4 Å². The van der Waals surface area contributed by atoms with Gasteiger partial charge in [0.15, 0.2) is 6.10 Å². The number of aliphatic hydroxyl groups excluding tert-OH is 1. The Morgan fingerprint density at radius 1 is 1.43 bits per heavy atom. The van der Waals surface area contributed by atoms with Crippen LogP contribution in [0.3, 0.4) is 0 Å². The second kappa shape index (κ2) is 7.47. The maximum Gasteiger partial charge on any atom is 0.260 e. The van der Waals surface area contributed by atoms with Crippen molar-refractivity contribution in [3.63, 3.8) is 0 Å². The summed E-state index contributed by atoms with van der Waals surface area (Å²) in [6.07, 6.45) is 2.28. The summed E-state index contributed by atoms with van der Waals surface area (Å²) >= 11 is 9.23. The van der Waals surface area contributed by atoms with Crippen LogP contribution < -0.4 is 10.1 Å². The maximum atomic E-state index is 12.1. The summed E-state index contributed by atoms with van der Waals surface area (Å²) in [5, 5.41) is 13.0. The lowest BCUT2D eigenvalue weighted by Gasteiger charge is -2.27. The Balaban J connectivity index is 1.87. The molecule has 1 aliphatic rings. The summed E-state index contributed by atoms with van der Waals surface area (Å²) in [4.78, 5) is 12.1. The molecule has 4 nitrogen and oxygen atoms in total. The van der Waals surface area contributed by atoms with Crippen LogP contribution in [0.5, 0.6) is 5.75 Å². The molecule has 6 heteroatoms. The summed E-state index contributed by atoms with van der Waals surface area (Å²) < 4.78 is 6.38. The SMILES string of the molecule is CC(Oc1ccc(Cl)cc1Br)C(=O)NC1CCC(O)CC1. The highest BCUT2D eigenvalue weighted by Crippen LogP contribution is 2.28. The summed E-state index contributed by atoms with van der Waals surface area (Å²) in [5.41, 5.74) is 0. The molecule has 0 spiro atoms. The van der Waals surface area contributed by atoms with Gasteiger partial charge in [0.25, 0.3) is 5.91 Å². The first-order valence-electron chi connectivity index (χ1n) is 7.06. The lowest BCUT2D eigenvalue weighted by molar-refractivity contribution is -0.128. The molecule has 1 aliphatic carbocycles. The molecule has 1 atom stereocenters. The summed E-state index contributed by atoms with van der Waals surface area (Å²) in [5.74, 6) is 0.444. The molecule has 1 amide bonds. The van der Waals surface area contributed by atoms with Crippen molar-refractivity contribution < 1.29 is 14.6 Å². The van der Waals surface area contributed by atoms with E-state index in [2.05, 4.69) is 21.2 Å². The molecule has 0 radical (unpaired) electrons. The number of rotatable bonds is 4. The zero-order valence-corrected chi connectivity index (χ0v) is 14.2. The number of benzene rings is 1. The van der Waals surface area contributed by atoms with Crippen molar-refractivity contribution in [1.82, 2.24) is 5.32 Å². The van der Waals surface area contributed by atoms with Crippen LogP contribution in [-0.4, -0.2) is 29.3 Å². The Labute approximate surface area is 138 Å². The van der Waals surface area contributed by atoms with Gasteiger partial charge in [-0.05, 0) is 66.7 Å².